The first-order valence-corrected chi connectivity index (χ1v) is 8.85. The van der Waals surface area contributed by atoms with Crippen molar-refractivity contribution in [2.24, 2.45) is 0 Å². The van der Waals surface area contributed by atoms with Crippen molar-refractivity contribution in [3.63, 3.8) is 0 Å². The topological polar surface area (TPSA) is 92.0 Å². The van der Waals surface area contributed by atoms with Gasteiger partial charge in [-0.05, 0) is 32.6 Å². The van der Waals surface area contributed by atoms with E-state index in [4.69, 9.17) is 5.11 Å². The van der Waals surface area contributed by atoms with Crippen LogP contribution in [0.5, 0.6) is 0 Å². The third-order valence-electron chi connectivity index (χ3n) is 4.43. The largest absolute Gasteiger partial charge is 0.481 e. The van der Waals surface area contributed by atoms with Crippen molar-refractivity contribution in [2.45, 2.75) is 45.1 Å². The SMILES string of the molecule is Cc1csc2ncc(C(=O)N3CCCCC3CCC(=O)O)c(=O)n12. The Kier molecular flexibility index (Phi) is 4.66. The first kappa shape index (κ1) is 16.6. The Balaban J connectivity index is 1.91. The number of carboxylic acids is 1. The zero-order chi connectivity index (χ0) is 17.3. The van der Waals surface area contributed by atoms with Gasteiger partial charge < -0.3 is 10.0 Å². The van der Waals surface area contributed by atoms with Crippen molar-refractivity contribution in [2.75, 3.05) is 6.54 Å². The predicted molar refractivity (Wildman–Crippen MR) is 89.6 cm³/mol. The van der Waals surface area contributed by atoms with Gasteiger partial charge in [0.15, 0.2) is 4.96 Å². The summed E-state index contributed by atoms with van der Waals surface area (Å²) in [5, 5.41) is 10.7. The molecule has 3 rings (SSSR count). The molecule has 1 aliphatic rings. The summed E-state index contributed by atoms with van der Waals surface area (Å²) in [4.78, 5) is 42.8. The van der Waals surface area contributed by atoms with Crippen LogP contribution >= 0.6 is 11.3 Å². The zero-order valence-corrected chi connectivity index (χ0v) is 14.2. The number of carbonyl (C=O) groups is 2. The number of hydrogen-bond donors (Lipinski definition) is 1. The minimum absolute atomic E-state index is 0.0222. The highest BCUT2D eigenvalue weighted by Crippen LogP contribution is 2.22. The second kappa shape index (κ2) is 6.72. The lowest BCUT2D eigenvalue weighted by molar-refractivity contribution is -0.137. The van der Waals surface area contributed by atoms with E-state index in [0.29, 0.717) is 17.9 Å². The Hall–Kier alpha value is -2.22. The summed E-state index contributed by atoms with van der Waals surface area (Å²) in [5.41, 5.74) is 0.450. The average Bonchev–Trinajstić information content (AvgIpc) is 2.95. The van der Waals surface area contributed by atoms with Crippen LogP contribution in [0.3, 0.4) is 0 Å². The molecular weight excluding hydrogens is 330 g/mol. The van der Waals surface area contributed by atoms with E-state index < -0.39 is 5.97 Å². The molecule has 2 aromatic heterocycles. The van der Waals surface area contributed by atoms with Crippen LogP contribution in [-0.4, -0.2) is 43.9 Å². The number of thiazole rings is 1. The minimum Gasteiger partial charge on any atom is -0.481 e. The van der Waals surface area contributed by atoms with Crippen LogP contribution in [0.1, 0.15) is 48.2 Å². The Morgan fingerprint density at radius 3 is 2.96 bits per heavy atom. The maximum absolute atomic E-state index is 12.9. The van der Waals surface area contributed by atoms with E-state index in [1.807, 2.05) is 5.38 Å². The van der Waals surface area contributed by atoms with Gasteiger partial charge in [-0.1, -0.05) is 0 Å². The van der Waals surface area contributed by atoms with Crippen LogP contribution in [0.25, 0.3) is 4.96 Å². The molecule has 8 heteroatoms. The van der Waals surface area contributed by atoms with Gasteiger partial charge in [-0.25, -0.2) is 4.98 Å². The number of piperidine rings is 1. The third-order valence-corrected chi connectivity index (χ3v) is 5.38. The summed E-state index contributed by atoms with van der Waals surface area (Å²) in [6.07, 6.45) is 4.38. The van der Waals surface area contributed by atoms with E-state index in [9.17, 15) is 14.4 Å². The fraction of sp³-hybridized carbons (Fsp3) is 0.500. The molecule has 0 bridgehead atoms. The summed E-state index contributed by atoms with van der Waals surface area (Å²) in [6.45, 7) is 2.35. The molecule has 0 aromatic carbocycles. The fourth-order valence-electron chi connectivity index (χ4n) is 3.18. The van der Waals surface area contributed by atoms with Crippen LogP contribution in [0.4, 0.5) is 0 Å². The normalized spacial score (nSPS) is 18.0. The number of aryl methyl sites for hydroxylation is 1. The average molecular weight is 349 g/mol. The predicted octanol–water partition coefficient (Wildman–Crippen LogP) is 1.92. The van der Waals surface area contributed by atoms with Crippen molar-refractivity contribution in [1.29, 1.82) is 0 Å². The summed E-state index contributed by atoms with van der Waals surface area (Å²) < 4.78 is 1.45. The molecule has 2 aromatic rings. The molecule has 1 saturated heterocycles. The van der Waals surface area contributed by atoms with E-state index in [1.165, 1.54) is 21.9 Å². The maximum Gasteiger partial charge on any atom is 0.303 e. The third kappa shape index (κ3) is 3.06. The number of fused-ring (bicyclic) bond motifs is 1. The molecule has 1 fully saturated rings. The van der Waals surface area contributed by atoms with E-state index in [0.717, 1.165) is 25.0 Å². The van der Waals surface area contributed by atoms with Crippen molar-refractivity contribution in [1.82, 2.24) is 14.3 Å². The van der Waals surface area contributed by atoms with Crippen molar-refractivity contribution < 1.29 is 14.7 Å². The first-order chi connectivity index (χ1) is 11.5. The molecule has 24 heavy (non-hydrogen) atoms. The van der Waals surface area contributed by atoms with Crippen LogP contribution in [0.15, 0.2) is 16.4 Å². The van der Waals surface area contributed by atoms with Crippen LogP contribution in [0, 0.1) is 6.92 Å². The second-order valence-electron chi connectivity index (χ2n) is 6.05. The number of hydrogen-bond acceptors (Lipinski definition) is 5. The van der Waals surface area contributed by atoms with E-state index >= 15 is 0 Å². The number of amides is 1. The summed E-state index contributed by atoms with van der Waals surface area (Å²) in [7, 11) is 0. The molecule has 1 N–H and O–H groups in total. The Bertz CT molecular complexity index is 841. The summed E-state index contributed by atoms with van der Waals surface area (Å²) in [6, 6.07) is -0.133. The van der Waals surface area contributed by atoms with Crippen molar-refractivity contribution in [3.05, 3.63) is 33.2 Å². The summed E-state index contributed by atoms with van der Waals surface area (Å²) >= 11 is 1.36. The first-order valence-electron chi connectivity index (χ1n) is 7.97. The fourth-order valence-corrected chi connectivity index (χ4v) is 4.01. The molecule has 1 unspecified atom stereocenters. The maximum atomic E-state index is 12.9. The van der Waals surface area contributed by atoms with Gasteiger partial charge in [0.25, 0.3) is 11.5 Å². The van der Waals surface area contributed by atoms with Crippen molar-refractivity contribution in [3.8, 4) is 0 Å². The zero-order valence-electron chi connectivity index (χ0n) is 13.4. The van der Waals surface area contributed by atoms with Gasteiger partial charge in [-0.3, -0.25) is 18.8 Å². The highest BCUT2D eigenvalue weighted by Gasteiger charge is 2.29. The molecule has 7 nitrogen and oxygen atoms in total. The Morgan fingerprint density at radius 1 is 1.42 bits per heavy atom. The molecular formula is C16H19N3O4S. The number of aliphatic carboxylic acids is 1. The molecule has 128 valence electrons. The van der Waals surface area contributed by atoms with Gasteiger partial charge in [0.05, 0.1) is 0 Å². The van der Waals surface area contributed by atoms with E-state index in [2.05, 4.69) is 4.98 Å². The lowest BCUT2D eigenvalue weighted by Crippen LogP contribution is -2.45. The number of carboxylic acid groups (broad SMARTS) is 1. The van der Waals surface area contributed by atoms with Gasteiger partial charge in [0.2, 0.25) is 0 Å². The van der Waals surface area contributed by atoms with Gasteiger partial charge >= 0.3 is 5.97 Å². The molecule has 0 saturated carbocycles. The van der Waals surface area contributed by atoms with Crippen molar-refractivity contribution >= 4 is 28.2 Å². The van der Waals surface area contributed by atoms with Gasteiger partial charge in [-0.2, -0.15) is 0 Å². The smallest absolute Gasteiger partial charge is 0.303 e. The molecule has 1 atom stereocenters. The monoisotopic (exact) mass is 349 g/mol. The lowest BCUT2D eigenvalue weighted by atomic mass is 9.97. The van der Waals surface area contributed by atoms with Gasteiger partial charge in [0.1, 0.15) is 5.56 Å². The number of carbonyl (C=O) groups excluding carboxylic acids is 1. The molecule has 1 amide bonds. The standard InChI is InChI=1S/C16H19N3O4S/c1-10-9-24-16-17-8-12(15(23)19(10)16)14(22)18-7-3-2-4-11(18)5-6-13(20)21/h8-9,11H,2-7H2,1H3,(H,20,21). The number of nitrogens with zero attached hydrogens (tertiary/aromatic N) is 3. The molecule has 0 aliphatic carbocycles. The highest BCUT2D eigenvalue weighted by atomic mass is 32.1. The number of likely N-dealkylation sites (tertiary alicyclic amines) is 1. The van der Waals surface area contributed by atoms with Crippen LogP contribution < -0.4 is 5.56 Å². The number of aromatic nitrogens is 2. The Morgan fingerprint density at radius 2 is 2.21 bits per heavy atom. The van der Waals surface area contributed by atoms with E-state index in [-0.39, 0.29) is 29.5 Å². The molecule has 3 heterocycles. The highest BCUT2D eigenvalue weighted by molar-refractivity contribution is 7.15. The van der Waals surface area contributed by atoms with E-state index in [1.54, 1.807) is 11.8 Å². The lowest BCUT2D eigenvalue weighted by Gasteiger charge is -2.35. The molecule has 1 aliphatic heterocycles. The van der Waals surface area contributed by atoms with Gasteiger partial charge in [-0.15, -0.1) is 11.3 Å². The summed E-state index contributed by atoms with van der Waals surface area (Å²) in [5.74, 6) is -1.22. The quantitative estimate of drug-likeness (QED) is 0.910. The molecule has 0 radical (unpaired) electrons. The number of rotatable bonds is 4. The molecule has 0 spiro atoms. The van der Waals surface area contributed by atoms with Gasteiger partial charge in [0, 0.05) is 36.3 Å². The van der Waals surface area contributed by atoms with Crippen LogP contribution in [-0.2, 0) is 4.79 Å². The second-order valence-corrected chi connectivity index (χ2v) is 6.89. The van der Waals surface area contributed by atoms with Crippen LogP contribution in [0.2, 0.25) is 0 Å². The Labute approximate surface area is 142 Å². The minimum atomic E-state index is -0.870.